The fourth-order valence-corrected chi connectivity index (χ4v) is 3.36. The number of rotatable bonds is 5. The van der Waals surface area contributed by atoms with E-state index in [1.807, 2.05) is 18.2 Å². The normalized spacial score (nSPS) is 22.4. The van der Waals surface area contributed by atoms with Crippen LogP contribution < -0.4 is 11.1 Å². The average molecular weight is 272 g/mol. The molecule has 1 atom stereocenters. The minimum atomic E-state index is -0.255. The number of hydrogen-bond donors (Lipinski definition) is 2. The fraction of sp³-hybridized carbons (Fsp3) is 0.588. The van der Waals surface area contributed by atoms with Crippen LogP contribution in [0.4, 0.5) is 0 Å². The highest BCUT2D eigenvalue weighted by molar-refractivity contribution is 5.77. The van der Waals surface area contributed by atoms with Crippen LogP contribution in [0.5, 0.6) is 0 Å². The van der Waals surface area contributed by atoms with Crippen molar-refractivity contribution in [1.82, 2.24) is 5.32 Å². The topological polar surface area (TPSA) is 55.1 Å². The Balaban J connectivity index is 1.63. The molecule has 1 amide bonds. The summed E-state index contributed by atoms with van der Waals surface area (Å²) >= 11 is 0. The molecule has 3 rings (SSSR count). The number of amides is 1. The highest BCUT2D eigenvalue weighted by Gasteiger charge is 2.36. The van der Waals surface area contributed by atoms with Gasteiger partial charge in [0.2, 0.25) is 5.91 Å². The van der Waals surface area contributed by atoms with E-state index in [0.717, 1.165) is 25.7 Å². The molecule has 0 spiro atoms. The van der Waals surface area contributed by atoms with Crippen LogP contribution in [0.15, 0.2) is 30.3 Å². The molecule has 0 aliphatic heterocycles. The molecule has 3 nitrogen and oxygen atoms in total. The van der Waals surface area contributed by atoms with Gasteiger partial charge in [-0.1, -0.05) is 43.2 Å². The maximum absolute atomic E-state index is 12.3. The van der Waals surface area contributed by atoms with E-state index < -0.39 is 0 Å². The molecule has 3 heteroatoms. The van der Waals surface area contributed by atoms with E-state index in [1.54, 1.807) is 0 Å². The van der Waals surface area contributed by atoms with E-state index >= 15 is 0 Å². The molecule has 1 unspecified atom stereocenters. The van der Waals surface area contributed by atoms with Crippen LogP contribution in [0.1, 0.15) is 56.6 Å². The summed E-state index contributed by atoms with van der Waals surface area (Å²) < 4.78 is 0. The van der Waals surface area contributed by atoms with Crippen molar-refractivity contribution >= 4 is 5.91 Å². The van der Waals surface area contributed by atoms with Crippen LogP contribution in [0.3, 0.4) is 0 Å². The van der Waals surface area contributed by atoms with Crippen molar-refractivity contribution < 1.29 is 4.79 Å². The van der Waals surface area contributed by atoms with Gasteiger partial charge in [-0.05, 0) is 37.2 Å². The molecular formula is C17H24N2O. The number of hydrogen-bond acceptors (Lipinski definition) is 2. The maximum Gasteiger partial charge on any atom is 0.222 e. The largest absolute Gasteiger partial charge is 0.349 e. The van der Waals surface area contributed by atoms with Crippen LogP contribution in [0, 0.1) is 5.92 Å². The smallest absolute Gasteiger partial charge is 0.222 e. The van der Waals surface area contributed by atoms with Gasteiger partial charge in [0.25, 0.3) is 0 Å². The van der Waals surface area contributed by atoms with Crippen LogP contribution in [-0.2, 0) is 4.79 Å². The molecule has 0 heterocycles. The summed E-state index contributed by atoms with van der Waals surface area (Å²) in [7, 11) is 0. The summed E-state index contributed by atoms with van der Waals surface area (Å²) in [5.74, 6) is 0.730. The molecule has 0 bridgehead atoms. The lowest BCUT2D eigenvalue weighted by Gasteiger charge is -2.25. The van der Waals surface area contributed by atoms with Crippen molar-refractivity contribution in [1.29, 1.82) is 0 Å². The number of carbonyl (C=O) groups excluding carboxylic acids is 1. The molecule has 2 aliphatic carbocycles. The Labute approximate surface area is 120 Å². The second-order valence-electron chi connectivity index (χ2n) is 6.54. The second-order valence-corrected chi connectivity index (χ2v) is 6.54. The zero-order valence-corrected chi connectivity index (χ0v) is 12.0. The van der Waals surface area contributed by atoms with Crippen molar-refractivity contribution in [3.05, 3.63) is 35.9 Å². The van der Waals surface area contributed by atoms with E-state index in [1.165, 1.54) is 18.4 Å². The molecule has 2 saturated carbocycles. The number of nitrogens with two attached hydrogens (primary N) is 1. The Hall–Kier alpha value is -1.35. The van der Waals surface area contributed by atoms with Gasteiger partial charge in [0.05, 0.1) is 6.04 Å². The highest BCUT2D eigenvalue weighted by Crippen LogP contribution is 2.41. The Morgan fingerprint density at radius 3 is 2.50 bits per heavy atom. The van der Waals surface area contributed by atoms with Gasteiger partial charge in [-0.3, -0.25) is 4.79 Å². The number of carbonyl (C=O) groups is 1. The molecule has 0 radical (unpaired) electrons. The molecular weight excluding hydrogens is 248 g/mol. The minimum Gasteiger partial charge on any atom is -0.349 e. The quantitative estimate of drug-likeness (QED) is 0.866. The van der Waals surface area contributed by atoms with E-state index in [9.17, 15) is 4.79 Å². The van der Waals surface area contributed by atoms with E-state index in [4.69, 9.17) is 5.73 Å². The molecule has 0 aromatic heterocycles. The van der Waals surface area contributed by atoms with Gasteiger partial charge in [-0.2, -0.15) is 0 Å². The van der Waals surface area contributed by atoms with Crippen LogP contribution in [-0.4, -0.2) is 11.4 Å². The molecule has 3 N–H and O–H groups in total. The number of nitrogens with one attached hydrogen (secondary N) is 1. The second kappa shape index (κ2) is 5.57. The van der Waals surface area contributed by atoms with Gasteiger partial charge in [0.15, 0.2) is 0 Å². The Morgan fingerprint density at radius 2 is 1.90 bits per heavy atom. The van der Waals surface area contributed by atoms with E-state index in [-0.39, 0.29) is 17.5 Å². The SMILES string of the molecule is NC1(CC(=O)NC(c2ccccc2)C2CC2)CCCC1. The van der Waals surface area contributed by atoms with Crippen molar-refractivity contribution in [2.75, 3.05) is 0 Å². The Bertz CT molecular complexity index is 461. The third-order valence-corrected chi connectivity index (χ3v) is 4.68. The van der Waals surface area contributed by atoms with Gasteiger partial charge in [0, 0.05) is 12.0 Å². The predicted molar refractivity (Wildman–Crippen MR) is 80.1 cm³/mol. The molecule has 1 aromatic carbocycles. The van der Waals surface area contributed by atoms with Crippen molar-refractivity contribution in [2.24, 2.45) is 11.7 Å². The van der Waals surface area contributed by atoms with Gasteiger partial charge in [0.1, 0.15) is 0 Å². The van der Waals surface area contributed by atoms with Gasteiger partial charge in [-0.15, -0.1) is 0 Å². The number of benzene rings is 1. The molecule has 1 aromatic rings. The van der Waals surface area contributed by atoms with Crippen molar-refractivity contribution in [2.45, 2.75) is 56.5 Å². The predicted octanol–water partition coefficient (Wildman–Crippen LogP) is 2.92. The molecule has 2 fully saturated rings. The van der Waals surface area contributed by atoms with Crippen LogP contribution in [0.2, 0.25) is 0 Å². The first kappa shape index (κ1) is 13.6. The summed E-state index contributed by atoms with van der Waals surface area (Å²) in [6.45, 7) is 0. The fourth-order valence-electron chi connectivity index (χ4n) is 3.36. The van der Waals surface area contributed by atoms with E-state index in [0.29, 0.717) is 12.3 Å². The summed E-state index contributed by atoms with van der Waals surface area (Å²) in [5.41, 5.74) is 7.27. The summed E-state index contributed by atoms with van der Waals surface area (Å²) in [6, 6.07) is 10.5. The van der Waals surface area contributed by atoms with Gasteiger partial charge in [-0.25, -0.2) is 0 Å². The molecule has 2 aliphatic rings. The Morgan fingerprint density at radius 1 is 1.25 bits per heavy atom. The van der Waals surface area contributed by atoms with Gasteiger partial charge < -0.3 is 11.1 Å². The third-order valence-electron chi connectivity index (χ3n) is 4.68. The molecule has 108 valence electrons. The first-order valence-corrected chi connectivity index (χ1v) is 7.79. The zero-order chi connectivity index (χ0) is 14.0. The third kappa shape index (κ3) is 3.21. The minimum absolute atomic E-state index is 0.121. The summed E-state index contributed by atoms with van der Waals surface area (Å²) in [4.78, 5) is 12.3. The lowest BCUT2D eigenvalue weighted by atomic mass is 9.93. The zero-order valence-electron chi connectivity index (χ0n) is 12.0. The van der Waals surface area contributed by atoms with Crippen LogP contribution >= 0.6 is 0 Å². The monoisotopic (exact) mass is 272 g/mol. The standard InChI is InChI=1S/C17H24N2O/c18-17(10-4-5-11-17)12-15(20)19-16(14-8-9-14)13-6-2-1-3-7-13/h1-3,6-7,14,16H,4-5,8-12,18H2,(H,19,20). The van der Waals surface area contributed by atoms with Crippen LogP contribution in [0.25, 0.3) is 0 Å². The Kier molecular flexibility index (Phi) is 3.79. The first-order chi connectivity index (χ1) is 9.66. The molecule has 0 saturated heterocycles. The first-order valence-electron chi connectivity index (χ1n) is 7.79. The molecule has 20 heavy (non-hydrogen) atoms. The highest BCUT2D eigenvalue weighted by atomic mass is 16.1. The summed E-state index contributed by atoms with van der Waals surface area (Å²) in [5, 5.41) is 3.23. The maximum atomic E-state index is 12.3. The summed E-state index contributed by atoms with van der Waals surface area (Å²) in [6.07, 6.45) is 7.20. The van der Waals surface area contributed by atoms with E-state index in [2.05, 4.69) is 17.4 Å². The average Bonchev–Trinajstić information content (AvgIpc) is 3.20. The van der Waals surface area contributed by atoms with Gasteiger partial charge >= 0.3 is 0 Å². The van der Waals surface area contributed by atoms with Crippen molar-refractivity contribution in [3.8, 4) is 0 Å². The lowest BCUT2D eigenvalue weighted by molar-refractivity contribution is -0.123. The lowest BCUT2D eigenvalue weighted by Crippen LogP contribution is -2.43. The van der Waals surface area contributed by atoms with Crippen molar-refractivity contribution in [3.63, 3.8) is 0 Å².